The second-order valence-electron chi connectivity index (χ2n) is 3.96. The van der Waals surface area contributed by atoms with E-state index in [9.17, 15) is 0 Å². The molecular formula is C13H11ClN2S. The van der Waals surface area contributed by atoms with Crippen LogP contribution >= 0.6 is 22.9 Å². The molecule has 0 bridgehead atoms. The molecule has 17 heavy (non-hydrogen) atoms. The molecule has 0 radical (unpaired) electrons. The van der Waals surface area contributed by atoms with E-state index >= 15 is 0 Å². The third kappa shape index (κ3) is 1.85. The monoisotopic (exact) mass is 262 g/mol. The van der Waals surface area contributed by atoms with Gasteiger partial charge in [0, 0.05) is 26.4 Å². The van der Waals surface area contributed by atoms with Crippen molar-refractivity contribution >= 4 is 39.4 Å². The Morgan fingerprint density at radius 3 is 3.06 bits per heavy atom. The van der Waals surface area contributed by atoms with Crippen molar-refractivity contribution in [3.8, 4) is 0 Å². The van der Waals surface area contributed by atoms with Crippen molar-refractivity contribution in [1.82, 2.24) is 5.32 Å². The molecule has 0 saturated heterocycles. The molecule has 1 aliphatic rings. The Bertz CT molecular complexity index is 616. The topological polar surface area (TPSA) is 24.4 Å². The Kier molecular flexibility index (Phi) is 2.65. The lowest BCUT2D eigenvalue weighted by molar-refractivity contribution is 0.890. The van der Waals surface area contributed by atoms with Gasteiger partial charge in [0.25, 0.3) is 0 Å². The standard InChI is InChI=1S/C13H11ClN2S/c1-8-13(11-4-5-15-7-16-11)10-3-2-9(14)6-12(10)17-8/h2-7,11H,1H3,(H,15,16). The Morgan fingerprint density at radius 1 is 1.41 bits per heavy atom. The third-order valence-electron chi connectivity index (χ3n) is 2.86. The van der Waals surface area contributed by atoms with Crippen molar-refractivity contribution in [2.45, 2.75) is 13.0 Å². The van der Waals surface area contributed by atoms with E-state index in [1.165, 1.54) is 20.5 Å². The molecule has 2 aromatic rings. The average molecular weight is 263 g/mol. The van der Waals surface area contributed by atoms with E-state index in [1.807, 2.05) is 18.3 Å². The molecule has 0 aliphatic carbocycles. The summed E-state index contributed by atoms with van der Waals surface area (Å²) in [6.07, 6.45) is 5.74. The fourth-order valence-electron chi connectivity index (χ4n) is 2.11. The first kappa shape index (κ1) is 10.8. The zero-order valence-electron chi connectivity index (χ0n) is 9.27. The summed E-state index contributed by atoms with van der Waals surface area (Å²) >= 11 is 7.79. The molecule has 86 valence electrons. The lowest BCUT2D eigenvalue weighted by Crippen LogP contribution is -2.08. The maximum absolute atomic E-state index is 6.02. The summed E-state index contributed by atoms with van der Waals surface area (Å²) in [5, 5.41) is 5.01. The molecule has 1 aromatic heterocycles. The highest BCUT2D eigenvalue weighted by molar-refractivity contribution is 7.19. The Labute approximate surface area is 109 Å². The molecule has 3 rings (SSSR count). The summed E-state index contributed by atoms with van der Waals surface area (Å²) in [4.78, 5) is 5.76. The first-order chi connectivity index (χ1) is 8.25. The zero-order chi connectivity index (χ0) is 11.8. The summed E-state index contributed by atoms with van der Waals surface area (Å²) in [7, 11) is 0. The molecular weight excluding hydrogens is 252 g/mol. The first-order valence-electron chi connectivity index (χ1n) is 5.38. The van der Waals surface area contributed by atoms with Gasteiger partial charge in [0.2, 0.25) is 0 Å². The molecule has 1 atom stereocenters. The number of hydrogen-bond donors (Lipinski definition) is 1. The van der Waals surface area contributed by atoms with Gasteiger partial charge in [0.05, 0.1) is 12.4 Å². The Balaban J connectivity index is 2.21. The van der Waals surface area contributed by atoms with Gasteiger partial charge in [-0.15, -0.1) is 11.3 Å². The molecule has 1 aromatic carbocycles. The van der Waals surface area contributed by atoms with Crippen LogP contribution in [0.2, 0.25) is 5.02 Å². The van der Waals surface area contributed by atoms with Gasteiger partial charge >= 0.3 is 0 Å². The molecule has 1 aliphatic heterocycles. The van der Waals surface area contributed by atoms with E-state index in [0.717, 1.165) is 5.02 Å². The van der Waals surface area contributed by atoms with Crippen LogP contribution in [0.3, 0.4) is 0 Å². The minimum Gasteiger partial charge on any atom is -0.353 e. The van der Waals surface area contributed by atoms with Gasteiger partial charge in [0.1, 0.15) is 0 Å². The lowest BCUT2D eigenvalue weighted by atomic mass is 10.0. The van der Waals surface area contributed by atoms with Crippen LogP contribution in [-0.2, 0) is 0 Å². The zero-order valence-corrected chi connectivity index (χ0v) is 10.8. The normalized spacial score (nSPS) is 18.6. The second-order valence-corrected chi connectivity index (χ2v) is 5.65. The number of nitrogens with one attached hydrogen (secondary N) is 1. The quantitative estimate of drug-likeness (QED) is 0.824. The van der Waals surface area contributed by atoms with Crippen LogP contribution in [0.5, 0.6) is 0 Å². The van der Waals surface area contributed by atoms with E-state index in [0.29, 0.717) is 0 Å². The molecule has 4 heteroatoms. The Morgan fingerprint density at radius 2 is 2.29 bits per heavy atom. The van der Waals surface area contributed by atoms with Crippen molar-refractivity contribution in [2.75, 3.05) is 0 Å². The summed E-state index contributed by atoms with van der Waals surface area (Å²) in [6, 6.07) is 6.16. The van der Waals surface area contributed by atoms with Gasteiger partial charge in [0.15, 0.2) is 0 Å². The van der Waals surface area contributed by atoms with Crippen molar-refractivity contribution in [2.24, 2.45) is 4.99 Å². The van der Waals surface area contributed by atoms with Crippen LogP contribution < -0.4 is 5.32 Å². The van der Waals surface area contributed by atoms with Crippen LogP contribution in [0.15, 0.2) is 35.5 Å². The highest BCUT2D eigenvalue weighted by atomic mass is 35.5. The minimum absolute atomic E-state index is 0.117. The fourth-order valence-corrected chi connectivity index (χ4v) is 3.49. The Hall–Kier alpha value is -1.32. The van der Waals surface area contributed by atoms with Gasteiger partial charge in [-0.25, -0.2) is 0 Å². The SMILES string of the molecule is Cc1sc2cc(Cl)ccc2c1C1C=CNC=N1. The van der Waals surface area contributed by atoms with Crippen molar-refractivity contribution in [3.63, 3.8) is 0 Å². The molecule has 2 heterocycles. The molecule has 0 amide bonds. The number of benzene rings is 1. The maximum Gasteiger partial charge on any atom is 0.0981 e. The van der Waals surface area contributed by atoms with Crippen LogP contribution in [0.1, 0.15) is 16.5 Å². The molecule has 2 nitrogen and oxygen atoms in total. The summed E-state index contributed by atoms with van der Waals surface area (Å²) < 4.78 is 1.23. The largest absolute Gasteiger partial charge is 0.353 e. The number of aliphatic imine (C=N–C) groups is 1. The minimum atomic E-state index is 0.117. The third-order valence-corrected chi connectivity index (χ3v) is 4.18. The van der Waals surface area contributed by atoms with Gasteiger partial charge in [-0.05, 0) is 30.5 Å². The maximum atomic E-state index is 6.02. The number of fused-ring (bicyclic) bond motifs is 1. The number of aryl methyl sites for hydroxylation is 1. The van der Waals surface area contributed by atoms with Crippen molar-refractivity contribution < 1.29 is 0 Å². The number of thiophene rings is 1. The summed E-state index contributed by atoms with van der Waals surface area (Å²) in [5.74, 6) is 0. The molecule has 0 saturated carbocycles. The summed E-state index contributed by atoms with van der Waals surface area (Å²) in [6.45, 7) is 2.14. The molecule has 0 fully saturated rings. The predicted molar refractivity (Wildman–Crippen MR) is 75.1 cm³/mol. The molecule has 0 spiro atoms. The van der Waals surface area contributed by atoms with E-state index in [4.69, 9.17) is 11.6 Å². The predicted octanol–water partition coefficient (Wildman–Crippen LogP) is 4.05. The van der Waals surface area contributed by atoms with Crippen LogP contribution in [0.25, 0.3) is 10.1 Å². The van der Waals surface area contributed by atoms with Crippen molar-refractivity contribution in [3.05, 3.63) is 45.9 Å². The van der Waals surface area contributed by atoms with Gasteiger partial charge in [-0.3, -0.25) is 4.99 Å². The molecule has 1 N–H and O–H groups in total. The van der Waals surface area contributed by atoms with E-state index < -0.39 is 0 Å². The van der Waals surface area contributed by atoms with Crippen LogP contribution in [0, 0.1) is 6.92 Å². The smallest absolute Gasteiger partial charge is 0.0981 e. The van der Waals surface area contributed by atoms with Crippen LogP contribution in [-0.4, -0.2) is 6.34 Å². The van der Waals surface area contributed by atoms with E-state index in [-0.39, 0.29) is 6.04 Å². The lowest BCUT2D eigenvalue weighted by Gasteiger charge is -2.11. The van der Waals surface area contributed by atoms with E-state index in [1.54, 1.807) is 17.7 Å². The average Bonchev–Trinajstić information content (AvgIpc) is 2.65. The first-order valence-corrected chi connectivity index (χ1v) is 6.58. The number of rotatable bonds is 1. The summed E-state index contributed by atoms with van der Waals surface area (Å²) in [5.41, 5.74) is 1.29. The van der Waals surface area contributed by atoms with Gasteiger partial charge < -0.3 is 5.32 Å². The van der Waals surface area contributed by atoms with Crippen LogP contribution in [0.4, 0.5) is 0 Å². The van der Waals surface area contributed by atoms with E-state index in [2.05, 4.69) is 29.4 Å². The number of halogens is 1. The highest BCUT2D eigenvalue weighted by Gasteiger charge is 2.17. The van der Waals surface area contributed by atoms with Gasteiger partial charge in [-0.1, -0.05) is 17.7 Å². The second kappa shape index (κ2) is 4.17. The number of hydrogen-bond acceptors (Lipinski definition) is 3. The van der Waals surface area contributed by atoms with Crippen molar-refractivity contribution in [1.29, 1.82) is 0 Å². The van der Waals surface area contributed by atoms with Gasteiger partial charge in [-0.2, -0.15) is 0 Å². The molecule has 1 unspecified atom stereocenters. The highest BCUT2D eigenvalue weighted by Crippen LogP contribution is 2.38. The number of nitrogens with zero attached hydrogens (tertiary/aromatic N) is 1. The fraction of sp³-hybridized carbons (Fsp3) is 0.154.